The molecule has 0 aromatic heterocycles. The SMILES string of the molecule is C1CCC1.[H-].[H-].[Na+].[Na+]. The molecule has 0 bridgehead atoms. The van der Waals surface area contributed by atoms with E-state index in [1.807, 2.05) is 0 Å². The summed E-state index contributed by atoms with van der Waals surface area (Å²) in [6.07, 6.45) is 6.00. The zero-order chi connectivity index (χ0) is 2.83. The van der Waals surface area contributed by atoms with Crippen LogP contribution in [0.4, 0.5) is 0 Å². The maximum atomic E-state index is 1.50. The Labute approximate surface area is 86.6 Å². The summed E-state index contributed by atoms with van der Waals surface area (Å²) in [4.78, 5) is 0. The summed E-state index contributed by atoms with van der Waals surface area (Å²) >= 11 is 0. The zero-order valence-corrected chi connectivity index (χ0v) is 8.83. The van der Waals surface area contributed by atoms with Crippen LogP contribution in [0.1, 0.15) is 28.5 Å². The second-order valence-corrected chi connectivity index (χ2v) is 1.41. The molecule has 1 aliphatic carbocycles. The van der Waals surface area contributed by atoms with E-state index in [0.717, 1.165) is 0 Å². The number of rotatable bonds is 0. The minimum absolute atomic E-state index is 0. The van der Waals surface area contributed by atoms with Gasteiger partial charge in [0.15, 0.2) is 0 Å². The molecule has 6 heavy (non-hydrogen) atoms. The standard InChI is InChI=1S/C4H8.2Na.2H/c1-2-4-3-1;;;;/h1-4H2;;;;/q;2*+1;2*-1. The van der Waals surface area contributed by atoms with E-state index >= 15 is 0 Å². The summed E-state index contributed by atoms with van der Waals surface area (Å²) in [6.45, 7) is 0. The minimum atomic E-state index is 0. The van der Waals surface area contributed by atoms with Crippen LogP contribution in [0.3, 0.4) is 0 Å². The molecule has 0 aromatic rings. The fourth-order valence-electron chi connectivity index (χ4n) is 0.250. The van der Waals surface area contributed by atoms with Crippen molar-refractivity contribution in [3.63, 3.8) is 0 Å². The maximum Gasteiger partial charge on any atom is 1.00 e. The summed E-state index contributed by atoms with van der Waals surface area (Å²) in [7, 11) is 0. The first-order valence-corrected chi connectivity index (χ1v) is 2.00. The van der Waals surface area contributed by atoms with E-state index in [-0.39, 0.29) is 62.0 Å². The summed E-state index contributed by atoms with van der Waals surface area (Å²) in [5.74, 6) is 0. The fourth-order valence-corrected chi connectivity index (χ4v) is 0.250. The van der Waals surface area contributed by atoms with Crippen molar-refractivity contribution < 1.29 is 62.0 Å². The van der Waals surface area contributed by atoms with Gasteiger partial charge in [0.2, 0.25) is 0 Å². The largest absolute Gasteiger partial charge is 1.00 e. The Bertz CT molecular complexity index is 20.0. The molecule has 1 fully saturated rings. The molecule has 0 heterocycles. The maximum absolute atomic E-state index is 1.50. The third-order valence-electron chi connectivity index (χ3n) is 1.000. The van der Waals surface area contributed by atoms with Crippen LogP contribution in [0.25, 0.3) is 0 Å². The average Bonchev–Trinajstić information content (AvgIpc) is 0.722. The molecular weight excluding hydrogens is 94.0 g/mol. The van der Waals surface area contributed by atoms with Crippen molar-refractivity contribution in [3.8, 4) is 0 Å². The van der Waals surface area contributed by atoms with Gasteiger partial charge in [-0.3, -0.25) is 0 Å². The topological polar surface area (TPSA) is 0 Å². The molecule has 0 N–H and O–H groups in total. The van der Waals surface area contributed by atoms with Crippen LogP contribution in [0.5, 0.6) is 0 Å². The van der Waals surface area contributed by atoms with Crippen LogP contribution in [-0.2, 0) is 0 Å². The van der Waals surface area contributed by atoms with Gasteiger partial charge in [0.05, 0.1) is 0 Å². The predicted octanol–water partition coefficient (Wildman–Crippen LogP) is -4.21. The Morgan fingerprint density at radius 3 is 0.833 bits per heavy atom. The van der Waals surface area contributed by atoms with Crippen LogP contribution < -0.4 is 59.1 Å². The third kappa shape index (κ3) is 4.17. The molecule has 0 unspecified atom stereocenters. The van der Waals surface area contributed by atoms with Crippen LogP contribution >= 0.6 is 0 Å². The molecule has 0 nitrogen and oxygen atoms in total. The van der Waals surface area contributed by atoms with Crippen molar-refractivity contribution in [1.82, 2.24) is 0 Å². The molecule has 1 saturated carbocycles. The van der Waals surface area contributed by atoms with Gasteiger partial charge >= 0.3 is 59.1 Å². The summed E-state index contributed by atoms with van der Waals surface area (Å²) < 4.78 is 0. The van der Waals surface area contributed by atoms with Gasteiger partial charge in [-0.15, -0.1) is 0 Å². The van der Waals surface area contributed by atoms with Gasteiger partial charge in [-0.2, -0.15) is 0 Å². The van der Waals surface area contributed by atoms with Crippen molar-refractivity contribution in [2.24, 2.45) is 0 Å². The first-order valence-electron chi connectivity index (χ1n) is 2.00. The summed E-state index contributed by atoms with van der Waals surface area (Å²) in [5.41, 5.74) is 0. The van der Waals surface area contributed by atoms with E-state index in [4.69, 9.17) is 0 Å². The van der Waals surface area contributed by atoms with E-state index in [2.05, 4.69) is 0 Å². The predicted molar refractivity (Wildman–Crippen MR) is 20.7 cm³/mol. The van der Waals surface area contributed by atoms with Crippen LogP contribution in [0.2, 0.25) is 0 Å². The molecule has 0 aliphatic heterocycles. The molecule has 0 amide bonds. The van der Waals surface area contributed by atoms with E-state index < -0.39 is 0 Å². The van der Waals surface area contributed by atoms with Gasteiger partial charge in [0.1, 0.15) is 0 Å². The van der Waals surface area contributed by atoms with Crippen LogP contribution in [0.15, 0.2) is 0 Å². The molecule has 0 atom stereocenters. The Hall–Kier alpha value is 2.00. The van der Waals surface area contributed by atoms with E-state index in [0.29, 0.717) is 0 Å². The van der Waals surface area contributed by atoms with Crippen LogP contribution in [0, 0.1) is 0 Å². The second kappa shape index (κ2) is 7.00. The number of hydrogen-bond donors (Lipinski definition) is 0. The fraction of sp³-hybridized carbons (Fsp3) is 1.00. The van der Waals surface area contributed by atoms with Gasteiger partial charge in [0, 0.05) is 0 Å². The van der Waals surface area contributed by atoms with Gasteiger partial charge in [-0.1, -0.05) is 25.7 Å². The summed E-state index contributed by atoms with van der Waals surface area (Å²) in [6, 6.07) is 0. The molecule has 2 heteroatoms. The normalized spacial score (nSPS) is 16.0. The van der Waals surface area contributed by atoms with Crippen molar-refractivity contribution in [2.75, 3.05) is 0 Å². The van der Waals surface area contributed by atoms with Crippen molar-refractivity contribution in [3.05, 3.63) is 0 Å². The van der Waals surface area contributed by atoms with Crippen molar-refractivity contribution in [2.45, 2.75) is 25.7 Å². The third-order valence-corrected chi connectivity index (χ3v) is 1.000. The Kier molecular flexibility index (Phi) is 12.7. The molecule has 28 valence electrons. The summed E-state index contributed by atoms with van der Waals surface area (Å²) in [5, 5.41) is 0. The van der Waals surface area contributed by atoms with Crippen molar-refractivity contribution in [1.29, 1.82) is 0 Å². The Balaban J connectivity index is -0.0000000200. The number of hydrogen-bond acceptors (Lipinski definition) is 0. The van der Waals surface area contributed by atoms with E-state index in [1.165, 1.54) is 25.7 Å². The van der Waals surface area contributed by atoms with Gasteiger partial charge in [-0.05, 0) is 0 Å². The monoisotopic (exact) mass is 104 g/mol. The average molecular weight is 104 g/mol. The first-order chi connectivity index (χ1) is 2.00. The minimum Gasteiger partial charge on any atom is -1.00 e. The van der Waals surface area contributed by atoms with E-state index in [1.54, 1.807) is 0 Å². The molecule has 0 saturated heterocycles. The van der Waals surface area contributed by atoms with Crippen molar-refractivity contribution >= 4 is 0 Å². The molecule has 1 aliphatic rings. The molecule has 0 spiro atoms. The smallest absolute Gasteiger partial charge is 1.00 e. The van der Waals surface area contributed by atoms with Crippen LogP contribution in [-0.4, -0.2) is 0 Å². The first kappa shape index (κ1) is 10.9. The molecule has 0 aromatic carbocycles. The second-order valence-electron chi connectivity index (χ2n) is 1.41. The quantitative estimate of drug-likeness (QED) is 0.273. The van der Waals surface area contributed by atoms with Gasteiger partial charge in [-0.25, -0.2) is 0 Å². The van der Waals surface area contributed by atoms with Gasteiger partial charge in [0.25, 0.3) is 0 Å². The Morgan fingerprint density at radius 2 is 0.833 bits per heavy atom. The molecule has 0 radical (unpaired) electrons. The van der Waals surface area contributed by atoms with E-state index in [9.17, 15) is 0 Å². The molecular formula is C4H10Na2. The Morgan fingerprint density at radius 1 is 0.667 bits per heavy atom. The van der Waals surface area contributed by atoms with Gasteiger partial charge < -0.3 is 2.85 Å². The molecule has 1 rings (SSSR count). The zero-order valence-electron chi connectivity index (χ0n) is 6.83.